The molecule has 0 aliphatic carbocycles. The highest BCUT2D eigenvalue weighted by atomic mass is 16.5. The molecule has 0 amide bonds. The van der Waals surface area contributed by atoms with Gasteiger partial charge in [-0.2, -0.15) is 0 Å². The average Bonchev–Trinajstić information content (AvgIpc) is 2.39. The number of hydrogen-bond acceptors (Lipinski definition) is 5. The molecular weight excluding hydrogens is 272 g/mol. The number of aliphatic hydroxyl groups is 1. The van der Waals surface area contributed by atoms with Crippen molar-refractivity contribution in [1.29, 1.82) is 0 Å². The fourth-order valence-electron chi connectivity index (χ4n) is 1.49. The van der Waals surface area contributed by atoms with Gasteiger partial charge >= 0.3 is 11.9 Å². The Bertz CT molecular complexity index is 395. The van der Waals surface area contributed by atoms with E-state index in [1.54, 1.807) is 20.8 Å². The van der Waals surface area contributed by atoms with E-state index in [1.165, 1.54) is 0 Å². The van der Waals surface area contributed by atoms with Crippen LogP contribution in [0.5, 0.6) is 0 Å². The SMILES string of the molecule is C=C(C)C(=O)OCCCCCC(C)(O)COC(=O)C(=C)C. The van der Waals surface area contributed by atoms with Gasteiger partial charge in [0.1, 0.15) is 6.61 Å². The van der Waals surface area contributed by atoms with Crippen LogP contribution < -0.4 is 0 Å². The molecule has 21 heavy (non-hydrogen) atoms. The van der Waals surface area contributed by atoms with Crippen LogP contribution in [0.15, 0.2) is 24.3 Å². The number of hydrogen-bond donors (Lipinski definition) is 1. The van der Waals surface area contributed by atoms with Crippen LogP contribution in [0.25, 0.3) is 0 Å². The predicted molar refractivity (Wildman–Crippen MR) is 80.6 cm³/mol. The fraction of sp³-hybridized carbons (Fsp3) is 0.625. The van der Waals surface area contributed by atoms with Crippen molar-refractivity contribution in [2.45, 2.75) is 52.1 Å². The summed E-state index contributed by atoms with van der Waals surface area (Å²) in [7, 11) is 0. The second kappa shape index (κ2) is 9.34. The molecule has 0 saturated carbocycles. The number of esters is 2. The summed E-state index contributed by atoms with van der Waals surface area (Å²) >= 11 is 0. The lowest BCUT2D eigenvalue weighted by Crippen LogP contribution is -2.32. The van der Waals surface area contributed by atoms with E-state index in [4.69, 9.17) is 9.47 Å². The average molecular weight is 298 g/mol. The second-order valence-electron chi connectivity index (χ2n) is 5.58. The topological polar surface area (TPSA) is 72.8 Å². The van der Waals surface area contributed by atoms with Crippen molar-refractivity contribution >= 4 is 11.9 Å². The Hall–Kier alpha value is -1.62. The second-order valence-corrected chi connectivity index (χ2v) is 5.58. The van der Waals surface area contributed by atoms with Gasteiger partial charge in [0.25, 0.3) is 0 Å². The van der Waals surface area contributed by atoms with Gasteiger partial charge in [0.2, 0.25) is 0 Å². The van der Waals surface area contributed by atoms with Crippen LogP contribution in [0.3, 0.4) is 0 Å². The standard InChI is InChI=1S/C16H26O5/c1-12(2)14(17)20-10-8-6-7-9-16(5,19)11-21-15(18)13(3)4/h19H,1,3,6-11H2,2,4-5H3. The summed E-state index contributed by atoms with van der Waals surface area (Å²) in [6, 6.07) is 0. The molecule has 1 atom stereocenters. The minimum Gasteiger partial charge on any atom is -0.462 e. The maximum Gasteiger partial charge on any atom is 0.333 e. The number of rotatable bonds is 10. The zero-order valence-electron chi connectivity index (χ0n) is 13.2. The van der Waals surface area contributed by atoms with Crippen molar-refractivity contribution < 1.29 is 24.2 Å². The Balaban J connectivity index is 3.75. The van der Waals surface area contributed by atoms with E-state index >= 15 is 0 Å². The van der Waals surface area contributed by atoms with Crippen molar-refractivity contribution in [3.8, 4) is 0 Å². The highest BCUT2D eigenvalue weighted by molar-refractivity contribution is 5.87. The summed E-state index contributed by atoms with van der Waals surface area (Å²) in [6.45, 7) is 12.0. The first-order valence-electron chi connectivity index (χ1n) is 7.03. The maximum atomic E-state index is 11.2. The van der Waals surface area contributed by atoms with Crippen LogP contribution in [-0.2, 0) is 19.1 Å². The van der Waals surface area contributed by atoms with Crippen LogP contribution in [0.2, 0.25) is 0 Å². The van der Waals surface area contributed by atoms with E-state index in [2.05, 4.69) is 13.2 Å². The first kappa shape index (κ1) is 19.4. The van der Waals surface area contributed by atoms with E-state index < -0.39 is 11.6 Å². The van der Waals surface area contributed by atoms with Crippen molar-refractivity contribution in [1.82, 2.24) is 0 Å². The Morgan fingerprint density at radius 2 is 1.52 bits per heavy atom. The third-order valence-electron chi connectivity index (χ3n) is 2.80. The summed E-state index contributed by atoms with van der Waals surface area (Å²) in [5, 5.41) is 10.1. The Kier molecular flexibility index (Phi) is 8.62. The first-order chi connectivity index (χ1) is 9.65. The normalized spacial score (nSPS) is 13.1. The molecule has 0 aliphatic heterocycles. The van der Waals surface area contributed by atoms with Crippen LogP contribution in [0.1, 0.15) is 46.5 Å². The Morgan fingerprint density at radius 3 is 2.05 bits per heavy atom. The van der Waals surface area contributed by atoms with E-state index in [1.807, 2.05) is 0 Å². The van der Waals surface area contributed by atoms with Gasteiger partial charge in [0.05, 0.1) is 12.2 Å². The van der Waals surface area contributed by atoms with Crippen LogP contribution >= 0.6 is 0 Å². The van der Waals surface area contributed by atoms with Crippen LogP contribution in [-0.4, -0.2) is 35.9 Å². The summed E-state index contributed by atoms with van der Waals surface area (Å²) in [4.78, 5) is 22.4. The molecule has 0 fully saturated rings. The van der Waals surface area contributed by atoms with E-state index in [-0.39, 0.29) is 12.6 Å². The van der Waals surface area contributed by atoms with Crippen LogP contribution in [0.4, 0.5) is 0 Å². The van der Waals surface area contributed by atoms with Gasteiger partial charge in [-0.3, -0.25) is 0 Å². The Labute approximate surface area is 126 Å². The molecule has 1 N–H and O–H groups in total. The van der Waals surface area contributed by atoms with E-state index in [0.717, 1.165) is 19.3 Å². The lowest BCUT2D eigenvalue weighted by molar-refractivity contribution is -0.146. The molecule has 120 valence electrons. The van der Waals surface area contributed by atoms with Gasteiger partial charge in [-0.25, -0.2) is 9.59 Å². The summed E-state index contributed by atoms with van der Waals surface area (Å²) in [5.41, 5.74) is -0.359. The van der Waals surface area contributed by atoms with Gasteiger partial charge in [-0.1, -0.05) is 19.6 Å². The molecular formula is C16H26O5. The van der Waals surface area contributed by atoms with Gasteiger partial charge < -0.3 is 14.6 Å². The molecule has 5 heteroatoms. The van der Waals surface area contributed by atoms with Crippen molar-refractivity contribution in [3.05, 3.63) is 24.3 Å². The zero-order chi connectivity index (χ0) is 16.5. The molecule has 0 spiro atoms. The van der Waals surface area contributed by atoms with E-state index in [0.29, 0.717) is 24.2 Å². The highest BCUT2D eigenvalue weighted by Gasteiger charge is 2.22. The molecule has 0 aromatic heterocycles. The summed E-state index contributed by atoms with van der Waals surface area (Å²) in [6.07, 6.45) is 2.79. The molecule has 0 aliphatic rings. The first-order valence-corrected chi connectivity index (χ1v) is 7.03. The zero-order valence-corrected chi connectivity index (χ0v) is 13.2. The number of ether oxygens (including phenoxy) is 2. The molecule has 0 rings (SSSR count). The van der Waals surface area contributed by atoms with Gasteiger partial charge in [0.15, 0.2) is 0 Å². The smallest absolute Gasteiger partial charge is 0.333 e. The lowest BCUT2D eigenvalue weighted by Gasteiger charge is -2.22. The third-order valence-corrected chi connectivity index (χ3v) is 2.80. The number of carbonyl (C=O) groups is 2. The number of carbonyl (C=O) groups excluding carboxylic acids is 2. The third kappa shape index (κ3) is 9.85. The Morgan fingerprint density at radius 1 is 1.00 bits per heavy atom. The molecule has 0 radical (unpaired) electrons. The van der Waals surface area contributed by atoms with E-state index in [9.17, 15) is 14.7 Å². The predicted octanol–water partition coefficient (Wildman–Crippen LogP) is 2.54. The maximum absolute atomic E-state index is 11.2. The molecule has 0 bridgehead atoms. The van der Waals surface area contributed by atoms with Gasteiger partial charge in [0, 0.05) is 11.1 Å². The monoisotopic (exact) mass is 298 g/mol. The fourth-order valence-corrected chi connectivity index (χ4v) is 1.49. The molecule has 0 aromatic carbocycles. The van der Waals surface area contributed by atoms with Crippen LogP contribution in [0, 0.1) is 0 Å². The van der Waals surface area contributed by atoms with Gasteiger partial charge in [-0.15, -0.1) is 0 Å². The van der Waals surface area contributed by atoms with Crippen molar-refractivity contribution in [2.75, 3.05) is 13.2 Å². The molecule has 5 nitrogen and oxygen atoms in total. The van der Waals surface area contributed by atoms with Gasteiger partial charge in [-0.05, 0) is 40.0 Å². The summed E-state index contributed by atoms with van der Waals surface area (Å²) in [5.74, 6) is -0.879. The molecule has 0 heterocycles. The molecule has 1 unspecified atom stereocenters. The quantitative estimate of drug-likeness (QED) is 0.381. The largest absolute Gasteiger partial charge is 0.462 e. The minimum absolute atomic E-state index is 0.0522. The van der Waals surface area contributed by atoms with Crippen molar-refractivity contribution in [3.63, 3.8) is 0 Å². The number of unbranched alkanes of at least 4 members (excludes halogenated alkanes) is 2. The highest BCUT2D eigenvalue weighted by Crippen LogP contribution is 2.15. The molecule has 0 saturated heterocycles. The minimum atomic E-state index is -1.06. The lowest BCUT2D eigenvalue weighted by atomic mass is 9.99. The van der Waals surface area contributed by atoms with Crippen molar-refractivity contribution in [2.24, 2.45) is 0 Å². The summed E-state index contributed by atoms with van der Waals surface area (Å²) < 4.78 is 9.90. The molecule has 0 aromatic rings.